The monoisotopic (exact) mass is 154 g/mol. The van der Waals surface area contributed by atoms with Gasteiger partial charge in [-0.2, -0.15) is 0 Å². The zero-order valence-corrected chi connectivity index (χ0v) is 6.71. The van der Waals surface area contributed by atoms with Crippen molar-refractivity contribution >= 4 is 5.78 Å². The van der Waals surface area contributed by atoms with Crippen molar-refractivity contribution in [1.29, 1.82) is 0 Å². The van der Waals surface area contributed by atoms with E-state index in [1.54, 1.807) is 6.08 Å². The molecule has 1 aliphatic heterocycles. The van der Waals surface area contributed by atoms with Crippen LogP contribution in [-0.2, 0) is 9.53 Å². The van der Waals surface area contributed by atoms with Crippen molar-refractivity contribution in [3.63, 3.8) is 0 Å². The fraction of sp³-hybridized carbons (Fsp3) is 0.667. The van der Waals surface area contributed by atoms with E-state index < -0.39 is 0 Å². The first-order valence-electron chi connectivity index (χ1n) is 4.03. The first kappa shape index (κ1) is 8.47. The molecule has 1 fully saturated rings. The van der Waals surface area contributed by atoms with E-state index in [-0.39, 0.29) is 5.78 Å². The van der Waals surface area contributed by atoms with Crippen molar-refractivity contribution in [3.05, 3.63) is 12.7 Å². The van der Waals surface area contributed by atoms with Gasteiger partial charge >= 0.3 is 0 Å². The summed E-state index contributed by atoms with van der Waals surface area (Å²) in [4.78, 5) is 11.1. The molecular formula is C9H14O2. The van der Waals surface area contributed by atoms with Crippen LogP contribution < -0.4 is 0 Å². The van der Waals surface area contributed by atoms with Gasteiger partial charge in [0.15, 0.2) is 0 Å². The number of carbonyl (C=O) groups is 1. The van der Waals surface area contributed by atoms with Crippen LogP contribution in [0.2, 0.25) is 0 Å². The molecule has 11 heavy (non-hydrogen) atoms. The normalized spacial score (nSPS) is 23.5. The van der Waals surface area contributed by atoms with Crippen molar-refractivity contribution in [2.45, 2.75) is 19.3 Å². The molecule has 0 aliphatic carbocycles. The van der Waals surface area contributed by atoms with Gasteiger partial charge in [0.1, 0.15) is 5.78 Å². The SMILES string of the molecule is C=CCC(=O)CC1CCOC1. The lowest BCUT2D eigenvalue weighted by Crippen LogP contribution is -2.07. The largest absolute Gasteiger partial charge is 0.381 e. The van der Waals surface area contributed by atoms with E-state index in [2.05, 4.69) is 6.58 Å². The molecule has 62 valence electrons. The predicted octanol–water partition coefficient (Wildman–Crippen LogP) is 1.56. The molecule has 0 saturated carbocycles. The van der Waals surface area contributed by atoms with Crippen LogP contribution in [-0.4, -0.2) is 19.0 Å². The number of rotatable bonds is 4. The molecule has 0 spiro atoms. The Morgan fingerprint density at radius 1 is 1.73 bits per heavy atom. The van der Waals surface area contributed by atoms with Gasteiger partial charge < -0.3 is 4.74 Å². The highest BCUT2D eigenvalue weighted by atomic mass is 16.5. The summed E-state index contributed by atoms with van der Waals surface area (Å²) in [5.74, 6) is 0.762. The number of hydrogen-bond donors (Lipinski definition) is 0. The molecule has 0 bridgehead atoms. The van der Waals surface area contributed by atoms with Gasteiger partial charge in [0.25, 0.3) is 0 Å². The highest BCUT2D eigenvalue weighted by Gasteiger charge is 2.17. The quantitative estimate of drug-likeness (QED) is 0.574. The number of Topliss-reactive ketones (excluding diaryl/α,β-unsaturated/α-hetero) is 1. The van der Waals surface area contributed by atoms with Gasteiger partial charge in [-0.3, -0.25) is 4.79 Å². The Balaban J connectivity index is 2.18. The van der Waals surface area contributed by atoms with E-state index >= 15 is 0 Å². The Kier molecular flexibility index (Phi) is 3.30. The molecule has 2 heteroatoms. The van der Waals surface area contributed by atoms with Gasteiger partial charge in [-0.05, 0) is 12.3 Å². The van der Waals surface area contributed by atoms with Crippen LogP contribution >= 0.6 is 0 Å². The van der Waals surface area contributed by atoms with Crippen LogP contribution in [0.4, 0.5) is 0 Å². The average molecular weight is 154 g/mol. The lowest BCUT2D eigenvalue weighted by molar-refractivity contribution is -0.119. The van der Waals surface area contributed by atoms with Crippen molar-refractivity contribution in [1.82, 2.24) is 0 Å². The smallest absolute Gasteiger partial charge is 0.137 e. The second-order valence-corrected chi connectivity index (χ2v) is 2.97. The molecule has 1 atom stereocenters. The Morgan fingerprint density at radius 2 is 2.55 bits per heavy atom. The first-order valence-corrected chi connectivity index (χ1v) is 4.03. The summed E-state index contributed by atoms with van der Waals surface area (Å²) in [6.07, 6.45) is 3.89. The van der Waals surface area contributed by atoms with Crippen LogP contribution in [0.5, 0.6) is 0 Å². The maximum absolute atomic E-state index is 11.1. The molecule has 0 N–H and O–H groups in total. The minimum absolute atomic E-state index is 0.288. The standard InChI is InChI=1S/C9H14O2/c1-2-3-9(10)6-8-4-5-11-7-8/h2,8H,1,3-7H2. The van der Waals surface area contributed by atoms with Crippen LogP contribution in [0.1, 0.15) is 19.3 Å². The zero-order chi connectivity index (χ0) is 8.10. The molecule has 1 saturated heterocycles. The average Bonchev–Trinajstić information content (AvgIpc) is 2.40. The van der Waals surface area contributed by atoms with E-state index in [0.717, 1.165) is 19.6 Å². The number of hydrogen-bond acceptors (Lipinski definition) is 2. The molecule has 0 aromatic carbocycles. The Hall–Kier alpha value is -0.630. The Morgan fingerprint density at radius 3 is 3.09 bits per heavy atom. The van der Waals surface area contributed by atoms with Crippen molar-refractivity contribution in [2.75, 3.05) is 13.2 Å². The van der Waals surface area contributed by atoms with Gasteiger partial charge in [-0.25, -0.2) is 0 Å². The van der Waals surface area contributed by atoms with E-state index in [9.17, 15) is 4.79 Å². The second-order valence-electron chi connectivity index (χ2n) is 2.97. The molecule has 0 amide bonds. The number of ketones is 1. The summed E-state index contributed by atoms with van der Waals surface area (Å²) >= 11 is 0. The fourth-order valence-electron chi connectivity index (χ4n) is 1.31. The molecule has 2 nitrogen and oxygen atoms in total. The molecule has 1 heterocycles. The zero-order valence-electron chi connectivity index (χ0n) is 6.71. The summed E-state index contributed by atoms with van der Waals surface area (Å²) < 4.78 is 5.16. The fourth-order valence-corrected chi connectivity index (χ4v) is 1.31. The molecule has 0 aromatic rings. The lowest BCUT2D eigenvalue weighted by Gasteiger charge is -2.03. The second kappa shape index (κ2) is 4.29. The molecular weight excluding hydrogens is 140 g/mol. The van der Waals surface area contributed by atoms with Crippen LogP contribution in [0.3, 0.4) is 0 Å². The third-order valence-electron chi connectivity index (χ3n) is 1.91. The van der Waals surface area contributed by atoms with Crippen LogP contribution in [0.15, 0.2) is 12.7 Å². The molecule has 1 unspecified atom stereocenters. The van der Waals surface area contributed by atoms with E-state index in [0.29, 0.717) is 18.8 Å². The highest BCUT2D eigenvalue weighted by molar-refractivity contribution is 5.79. The van der Waals surface area contributed by atoms with Crippen molar-refractivity contribution in [2.24, 2.45) is 5.92 Å². The number of allylic oxidation sites excluding steroid dienone is 1. The molecule has 1 aliphatic rings. The summed E-state index contributed by atoms with van der Waals surface area (Å²) in [7, 11) is 0. The summed E-state index contributed by atoms with van der Waals surface area (Å²) in [6.45, 7) is 5.12. The maximum Gasteiger partial charge on any atom is 0.137 e. The van der Waals surface area contributed by atoms with Crippen molar-refractivity contribution < 1.29 is 9.53 Å². The van der Waals surface area contributed by atoms with E-state index in [1.165, 1.54) is 0 Å². The molecule has 1 rings (SSSR count). The Labute approximate surface area is 67.2 Å². The predicted molar refractivity (Wildman–Crippen MR) is 43.4 cm³/mol. The third-order valence-corrected chi connectivity index (χ3v) is 1.91. The summed E-state index contributed by atoms with van der Waals surface area (Å²) in [6, 6.07) is 0. The Bertz CT molecular complexity index is 146. The molecule has 0 aromatic heterocycles. The van der Waals surface area contributed by atoms with Gasteiger partial charge in [-0.1, -0.05) is 6.08 Å². The van der Waals surface area contributed by atoms with Gasteiger partial charge in [-0.15, -0.1) is 6.58 Å². The van der Waals surface area contributed by atoms with Crippen LogP contribution in [0, 0.1) is 5.92 Å². The van der Waals surface area contributed by atoms with E-state index in [1.807, 2.05) is 0 Å². The molecule has 0 radical (unpaired) electrons. The topological polar surface area (TPSA) is 26.3 Å². The van der Waals surface area contributed by atoms with Gasteiger partial charge in [0, 0.05) is 26.1 Å². The van der Waals surface area contributed by atoms with E-state index in [4.69, 9.17) is 4.74 Å². The highest BCUT2D eigenvalue weighted by Crippen LogP contribution is 2.16. The van der Waals surface area contributed by atoms with Crippen molar-refractivity contribution in [3.8, 4) is 0 Å². The minimum atomic E-state index is 0.288. The third kappa shape index (κ3) is 2.85. The minimum Gasteiger partial charge on any atom is -0.381 e. The maximum atomic E-state index is 11.1. The van der Waals surface area contributed by atoms with Gasteiger partial charge in [0.05, 0.1) is 0 Å². The number of ether oxygens (including phenoxy) is 1. The first-order chi connectivity index (χ1) is 5.33. The number of carbonyl (C=O) groups excluding carboxylic acids is 1. The lowest BCUT2D eigenvalue weighted by atomic mass is 10.0. The summed E-state index contributed by atoms with van der Waals surface area (Å²) in [5, 5.41) is 0. The van der Waals surface area contributed by atoms with Gasteiger partial charge in [0.2, 0.25) is 0 Å². The summed E-state index contributed by atoms with van der Waals surface area (Å²) in [5.41, 5.74) is 0. The van der Waals surface area contributed by atoms with Crippen LogP contribution in [0.25, 0.3) is 0 Å².